The standard InChI is InChI=1S/C18H22ClN5O2/c1-13(2)26-16-4-3-6-21-17(16)22-18(25)24-10-8-23(9-11-24)15-5-7-20-12-14(15)19/h3-7,12-13H,8-11H2,1-2H3,(H,21,22,25). The molecule has 7 nitrogen and oxygen atoms in total. The van der Waals surface area contributed by atoms with Crippen molar-refractivity contribution in [2.45, 2.75) is 20.0 Å². The van der Waals surface area contributed by atoms with Crippen LogP contribution in [0.1, 0.15) is 13.8 Å². The van der Waals surface area contributed by atoms with E-state index in [1.54, 1.807) is 35.6 Å². The van der Waals surface area contributed by atoms with E-state index in [0.29, 0.717) is 42.8 Å². The number of hydrogen-bond donors (Lipinski definition) is 1. The van der Waals surface area contributed by atoms with Crippen LogP contribution in [0, 0.1) is 0 Å². The first-order chi connectivity index (χ1) is 12.5. The molecule has 26 heavy (non-hydrogen) atoms. The summed E-state index contributed by atoms with van der Waals surface area (Å²) >= 11 is 6.20. The maximum atomic E-state index is 12.6. The number of hydrogen-bond acceptors (Lipinski definition) is 5. The van der Waals surface area contributed by atoms with Crippen molar-refractivity contribution in [3.63, 3.8) is 0 Å². The van der Waals surface area contributed by atoms with Gasteiger partial charge in [-0.1, -0.05) is 11.6 Å². The van der Waals surface area contributed by atoms with Crippen molar-refractivity contribution in [1.29, 1.82) is 0 Å². The van der Waals surface area contributed by atoms with E-state index in [4.69, 9.17) is 16.3 Å². The van der Waals surface area contributed by atoms with Gasteiger partial charge < -0.3 is 14.5 Å². The molecule has 0 aliphatic carbocycles. The van der Waals surface area contributed by atoms with Gasteiger partial charge in [-0.25, -0.2) is 9.78 Å². The number of anilines is 2. The summed E-state index contributed by atoms with van der Waals surface area (Å²) in [4.78, 5) is 24.7. The number of aromatic nitrogens is 2. The van der Waals surface area contributed by atoms with Crippen LogP contribution in [0.5, 0.6) is 5.75 Å². The lowest BCUT2D eigenvalue weighted by molar-refractivity contribution is 0.207. The van der Waals surface area contributed by atoms with Gasteiger partial charge in [0.05, 0.1) is 16.8 Å². The van der Waals surface area contributed by atoms with Gasteiger partial charge in [0.2, 0.25) is 0 Å². The fourth-order valence-electron chi connectivity index (χ4n) is 2.79. The van der Waals surface area contributed by atoms with Crippen LogP contribution in [0.15, 0.2) is 36.8 Å². The maximum absolute atomic E-state index is 12.6. The van der Waals surface area contributed by atoms with E-state index in [1.165, 1.54) is 0 Å². The Bertz CT molecular complexity index is 763. The van der Waals surface area contributed by atoms with Crippen LogP contribution in [-0.2, 0) is 0 Å². The minimum atomic E-state index is -0.183. The largest absolute Gasteiger partial charge is 0.487 e. The summed E-state index contributed by atoms with van der Waals surface area (Å²) in [6, 6.07) is 5.29. The summed E-state index contributed by atoms with van der Waals surface area (Å²) in [6.45, 7) is 6.46. The first kappa shape index (κ1) is 18.3. The molecule has 0 unspecified atom stereocenters. The van der Waals surface area contributed by atoms with Crippen molar-refractivity contribution < 1.29 is 9.53 Å². The van der Waals surface area contributed by atoms with Crippen molar-refractivity contribution in [3.05, 3.63) is 41.8 Å². The zero-order valence-corrected chi connectivity index (χ0v) is 15.6. The highest BCUT2D eigenvalue weighted by Gasteiger charge is 2.23. The summed E-state index contributed by atoms with van der Waals surface area (Å²) in [5.74, 6) is 1.00. The first-order valence-corrected chi connectivity index (χ1v) is 8.94. The Kier molecular flexibility index (Phi) is 5.78. The molecule has 2 amide bonds. The Morgan fingerprint density at radius 3 is 2.69 bits per heavy atom. The van der Waals surface area contributed by atoms with Crippen molar-refractivity contribution in [1.82, 2.24) is 14.9 Å². The number of amides is 2. The monoisotopic (exact) mass is 375 g/mol. The van der Waals surface area contributed by atoms with Crippen LogP contribution in [0.3, 0.4) is 0 Å². The van der Waals surface area contributed by atoms with Gasteiger partial charge in [-0.15, -0.1) is 0 Å². The van der Waals surface area contributed by atoms with E-state index in [-0.39, 0.29) is 12.1 Å². The molecule has 0 saturated carbocycles. The van der Waals surface area contributed by atoms with Gasteiger partial charge in [-0.3, -0.25) is 10.3 Å². The second-order valence-electron chi connectivity index (χ2n) is 6.25. The number of ether oxygens (including phenoxy) is 1. The van der Waals surface area contributed by atoms with Crippen LogP contribution >= 0.6 is 11.6 Å². The molecule has 2 aromatic rings. The average molecular weight is 376 g/mol. The molecule has 3 rings (SSSR count). The number of halogens is 1. The van der Waals surface area contributed by atoms with Gasteiger partial charge in [-0.2, -0.15) is 0 Å². The zero-order valence-electron chi connectivity index (χ0n) is 14.9. The number of carbonyl (C=O) groups excluding carboxylic acids is 1. The van der Waals surface area contributed by atoms with Gasteiger partial charge >= 0.3 is 6.03 Å². The number of urea groups is 1. The Morgan fingerprint density at radius 2 is 2.00 bits per heavy atom. The van der Waals surface area contributed by atoms with Crippen molar-refractivity contribution in [3.8, 4) is 5.75 Å². The Labute approximate surface area is 157 Å². The highest BCUT2D eigenvalue weighted by Crippen LogP contribution is 2.26. The van der Waals surface area contributed by atoms with Gasteiger partial charge in [0.15, 0.2) is 11.6 Å². The van der Waals surface area contributed by atoms with Gasteiger partial charge in [-0.05, 0) is 32.0 Å². The van der Waals surface area contributed by atoms with Crippen LogP contribution < -0.4 is 15.0 Å². The fourth-order valence-corrected chi connectivity index (χ4v) is 3.03. The third-order valence-corrected chi connectivity index (χ3v) is 4.31. The molecule has 2 aromatic heterocycles. The number of carbonyl (C=O) groups is 1. The highest BCUT2D eigenvalue weighted by atomic mass is 35.5. The number of pyridine rings is 2. The van der Waals surface area contributed by atoms with E-state index in [1.807, 2.05) is 19.9 Å². The van der Waals surface area contributed by atoms with E-state index < -0.39 is 0 Å². The minimum absolute atomic E-state index is 0.00325. The molecule has 1 N–H and O–H groups in total. The topological polar surface area (TPSA) is 70.6 Å². The molecule has 0 radical (unpaired) electrons. The quantitative estimate of drug-likeness (QED) is 0.888. The summed E-state index contributed by atoms with van der Waals surface area (Å²) in [5, 5.41) is 3.47. The van der Waals surface area contributed by atoms with Gasteiger partial charge in [0, 0.05) is 44.8 Å². The summed E-state index contributed by atoms with van der Waals surface area (Å²) in [6.07, 6.45) is 4.99. The molecule has 0 aromatic carbocycles. The zero-order chi connectivity index (χ0) is 18.5. The van der Waals surface area contributed by atoms with E-state index >= 15 is 0 Å². The lowest BCUT2D eigenvalue weighted by Crippen LogP contribution is -2.50. The SMILES string of the molecule is CC(C)Oc1cccnc1NC(=O)N1CCN(c2ccncc2Cl)CC1. The predicted molar refractivity (Wildman–Crippen MR) is 102 cm³/mol. The van der Waals surface area contributed by atoms with Crippen LogP contribution in [0.2, 0.25) is 5.02 Å². The highest BCUT2D eigenvalue weighted by molar-refractivity contribution is 6.33. The molecular weight excluding hydrogens is 354 g/mol. The van der Waals surface area contributed by atoms with Gasteiger partial charge in [0.1, 0.15) is 0 Å². The smallest absolute Gasteiger partial charge is 0.323 e. The Morgan fingerprint density at radius 1 is 1.23 bits per heavy atom. The molecule has 1 fully saturated rings. The van der Waals surface area contributed by atoms with Crippen molar-refractivity contribution in [2.24, 2.45) is 0 Å². The van der Waals surface area contributed by atoms with E-state index in [9.17, 15) is 4.79 Å². The Hall–Kier alpha value is -2.54. The second kappa shape index (κ2) is 8.23. The maximum Gasteiger partial charge on any atom is 0.323 e. The van der Waals surface area contributed by atoms with Crippen LogP contribution in [0.4, 0.5) is 16.3 Å². The van der Waals surface area contributed by atoms with Crippen molar-refractivity contribution >= 4 is 29.1 Å². The normalized spacial score (nSPS) is 14.5. The van der Waals surface area contributed by atoms with Gasteiger partial charge in [0.25, 0.3) is 0 Å². The minimum Gasteiger partial charge on any atom is -0.487 e. The van der Waals surface area contributed by atoms with E-state index in [0.717, 1.165) is 5.69 Å². The molecule has 0 bridgehead atoms. The van der Waals surface area contributed by atoms with Crippen LogP contribution in [0.25, 0.3) is 0 Å². The van der Waals surface area contributed by atoms with E-state index in [2.05, 4.69) is 20.2 Å². The third-order valence-electron chi connectivity index (χ3n) is 4.02. The summed E-state index contributed by atoms with van der Waals surface area (Å²) in [5.41, 5.74) is 0.944. The number of rotatable bonds is 4. The molecule has 8 heteroatoms. The molecule has 1 aliphatic rings. The molecule has 1 aliphatic heterocycles. The number of piperazine rings is 1. The molecule has 0 atom stereocenters. The Balaban J connectivity index is 1.60. The average Bonchev–Trinajstić information content (AvgIpc) is 2.63. The molecule has 1 saturated heterocycles. The molecule has 3 heterocycles. The van der Waals surface area contributed by atoms with Crippen molar-refractivity contribution in [2.75, 3.05) is 36.4 Å². The number of nitrogens with one attached hydrogen (secondary N) is 1. The lowest BCUT2D eigenvalue weighted by Gasteiger charge is -2.36. The summed E-state index contributed by atoms with van der Waals surface area (Å²) in [7, 11) is 0. The number of nitrogens with zero attached hydrogens (tertiary/aromatic N) is 4. The van der Waals surface area contributed by atoms with Crippen LogP contribution in [-0.4, -0.2) is 53.2 Å². The fraction of sp³-hybridized carbons (Fsp3) is 0.389. The predicted octanol–water partition coefficient (Wildman–Crippen LogP) is 3.27. The molecular formula is C18H22ClN5O2. The lowest BCUT2D eigenvalue weighted by atomic mass is 10.2. The molecule has 0 spiro atoms. The molecule has 138 valence electrons. The second-order valence-corrected chi connectivity index (χ2v) is 6.66. The third kappa shape index (κ3) is 4.35. The first-order valence-electron chi connectivity index (χ1n) is 8.56. The summed E-state index contributed by atoms with van der Waals surface area (Å²) < 4.78 is 5.70.